The summed E-state index contributed by atoms with van der Waals surface area (Å²) in [5.41, 5.74) is 4.44. The average molecular weight is 368 g/mol. The lowest BCUT2D eigenvalue weighted by Crippen LogP contribution is -2.42. The van der Waals surface area contributed by atoms with Crippen molar-refractivity contribution in [1.82, 2.24) is 20.5 Å². The van der Waals surface area contributed by atoms with E-state index in [1.807, 2.05) is 40.1 Å². The number of likely N-dealkylation sites (N-methyl/N-ethyl adjacent to an activating group) is 1. The van der Waals surface area contributed by atoms with Crippen molar-refractivity contribution in [2.45, 2.75) is 26.3 Å². The Morgan fingerprint density at radius 2 is 1.78 bits per heavy atom. The Balaban J connectivity index is 2.12. The normalized spacial score (nSPS) is 11.9. The second-order valence-corrected chi connectivity index (χ2v) is 6.91. The van der Waals surface area contributed by atoms with Gasteiger partial charge in [-0.2, -0.15) is 0 Å². The Morgan fingerprint density at radius 3 is 2.30 bits per heavy atom. The van der Waals surface area contributed by atoms with Crippen LogP contribution >= 0.6 is 0 Å². The van der Waals surface area contributed by atoms with Crippen LogP contribution in [0.2, 0.25) is 0 Å². The van der Waals surface area contributed by atoms with Gasteiger partial charge in [0.05, 0.1) is 0 Å². The minimum Gasteiger partial charge on any atom is -0.355 e. The van der Waals surface area contributed by atoms with Gasteiger partial charge in [-0.3, -0.25) is 14.6 Å². The van der Waals surface area contributed by atoms with Crippen LogP contribution in [0.4, 0.5) is 0 Å². The van der Waals surface area contributed by atoms with Crippen LogP contribution in [0.15, 0.2) is 36.5 Å². The Kier molecular flexibility index (Phi) is 7.07. The molecule has 0 aliphatic heterocycles. The highest BCUT2D eigenvalue weighted by atomic mass is 16.2. The van der Waals surface area contributed by atoms with Gasteiger partial charge in [0.15, 0.2) is 0 Å². The first-order chi connectivity index (χ1) is 12.8. The van der Waals surface area contributed by atoms with Gasteiger partial charge >= 0.3 is 0 Å². The number of amides is 2. The summed E-state index contributed by atoms with van der Waals surface area (Å²) in [7, 11) is 5.63. The van der Waals surface area contributed by atoms with Gasteiger partial charge in [-0.05, 0) is 75.3 Å². The van der Waals surface area contributed by atoms with Gasteiger partial charge in [0.1, 0.15) is 5.69 Å². The van der Waals surface area contributed by atoms with Crippen LogP contribution in [0.5, 0.6) is 0 Å². The number of nitrogens with one attached hydrogen (secondary N) is 2. The summed E-state index contributed by atoms with van der Waals surface area (Å²) in [5, 5.41) is 5.63. The summed E-state index contributed by atoms with van der Waals surface area (Å²) in [6.45, 7) is 4.56. The standard InChI is InChI=1S/C21H28N4O2/c1-14-10-16(20(26)22-3)11-15(2)18(14)12-17(25(4)5)13-24-21(27)19-8-6-7-9-23-19/h6-11,17H,12-13H2,1-5H3,(H,22,26)(H,24,27)/t17-/m0/s1. The van der Waals surface area contributed by atoms with E-state index in [-0.39, 0.29) is 17.9 Å². The minimum absolute atomic E-state index is 0.0838. The molecule has 0 bridgehead atoms. The van der Waals surface area contributed by atoms with Gasteiger partial charge in [-0.1, -0.05) is 6.07 Å². The number of aromatic nitrogens is 1. The summed E-state index contributed by atoms with van der Waals surface area (Å²) in [6, 6.07) is 9.24. The zero-order valence-corrected chi connectivity index (χ0v) is 16.7. The SMILES string of the molecule is CNC(=O)c1cc(C)c(C[C@@H](CNC(=O)c2ccccn2)N(C)C)c(C)c1. The number of carbonyl (C=O) groups is 2. The second kappa shape index (κ2) is 9.28. The maximum atomic E-state index is 12.3. The van der Waals surface area contributed by atoms with Gasteiger partial charge in [0, 0.05) is 31.4 Å². The molecule has 2 rings (SSSR count). The lowest BCUT2D eigenvalue weighted by atomic mass is 9.93. The van der Waals surface area contributed by atoms with Crippen LogP contribution in [0, 0.1) is 13.8 Å². The molecule has 0 aliphatic rings. The van der Waals surface area contributed by atoms with Crippen molar-refractivity contribution in [3.8, 4) is 0 Å². The van der Waals surface area contributed by atoms with Crippen LogP contribution in [-0.2, 0) is 6.42 Å². The topological polar surface area (TPSA) is 74.3 Å². The van der Waals surface area contributed by atoms with Crippen LogP contribution < -0.4 is 10.6 Å². The predicted molar refractivity (Wildman–Crippen MR) is 107 cm³/mol. The number of carbonyl (C=O) groups excluding carboxylic acids is 2. The molecule has 144 valence electrons. The van der Waals surface area contributed by atoms with Crippen LogP contribution in [-0.4, -0.2) is 55.4 Å². The number of hydrogen-bond acceptors (Lipinski definition) is 4. The molecule has 1 aromatic heterocycles. The highest BCUT2D eigenvalue weighted by Gasteiger charge is 2.18. The third kappa shape index (κ3) is 5.37. The lowest BCUT2D eigenvalue weighted by molar-refractivity contribution is 0.0934. The summed E-state index contributed by atoms with van der Waals surface area (Å²) in [5.74, 6) is -0.259. The van der Waals surface area contributed by atoms with Crippen molar-refractivity contribution in [2.75, 3.05) is 27.7 Å². The molecular formula is C21H28N4O2. The molecule has 0 spiro atoms. The van der Waals surface area contributed by atoms with E-state index in [2.05, 4.69) is 20.5 Å². The van der Waals surface area contributed by atoms with E-state index in [0.29, 0.717) is 17.8 Å². The van der Waals surface area contributed by atoms with Crippen molar-refractivity contribution in [2.24, 2.45) is 0 Å². The van der Waals surface area contributed by atoms with Crippen molar-refractivity contribution < 1.29 is 9.59 Å². The van der Waals surface area contributed by atoms with E-state index in [0.717, 1.165) is 17.5 Å². The smallest absolute Gasteiger partial charge is 0.269 e. The first-order valence-electron chi connectivity index (χ1n) is 9.01. The van der Waals surface area contributed by atoms with E-state index in [1.54, 1.807) is 31.4 Å². The molecule has 6 heteroatoms. The molecular weight excluding hydrogens is 340 g/mol. The Morgan fingerprint density at radius 1 is 1.11 bits per heavy atom. The fraction of sp³-hybridized carbons (Fsp3) is 0.381. The second-order valence-electron chi connectivity index (χ2n) is 6.91. The number of benzene rings is 1. The number of hydrogen-bond donors (Lipinski definition) is 2. The summed E-state index contributed by atoms with van der Waals surface area (Å²) >= 11 is 0. The summed E-state index contributed by atoms with van der Waals surface area (Å²) in [4.78, 5) is 30.4. The fourth-order valence-corrected chi connectivity index (χ4v) is 3.06. The van der Waals surface area contributed by atoms with Crippen LogP contribution in [0.3, 0.4) is 0 Å². The molecule has 2 aromatic rings. The molecule has 0 fully saturated rings. The van der Waals surface area contributed by atoms with E-state index < -0.39 is 0 Å². The number of aryl methyl sites for hydroxylation is 2. The number of rotatable bonds is 7. The molecule has 27 heavy (non-hydrogen) atoms. The Bertz CT molecular complexity index is 780. The van der Waals surface area contributed by atoms with Gasteiger partial charge in [0.25, 0.3) is 11.8 Å². The quantitative estimate of drug-likeness (QED) is 0.783. The van der Waals surface area contributed by atoms with E-state index >= 15 is 0 Å². The zero-order chi connectivity index (χ0) is 20.0. The molecule has 0 aliphatic carbocycles. The number of nitrogens with zero attached hydrogens (tertiary/aromatic N) is 2. The molecule has 0 saturated carbocycles. The summed E-state index contributed by atoms with van der Waals surface area (Å²) < 4.78 is 0. The molecule has 0 saturated heterocycles. The van der Waals surface area contributed by atoms with Crippen molar-refractivity contribution in [3.63, 3.8) is 0 Å². The van der Waals surface area contributed by atoms with Crippen LogP contribution in [0.25, 0.3) is 0 Å². The molecule has 1 atom stereocenters. The van der Waals surface area contributed by atoms with Gasteiger partial charge < -0.3 is 15.5 Å². The van der Waals surface area contributed by atoms with E-state index in [4.69, 9.17) is 0 Å². The first-order valence-corrected chi connectivity index (χ1v) is 9.01. The van der Waals surface area contributed by atoms with E-state index in [9.17, 15) is 9.59 Å². The van der Waals surface area contributed by atoms with Gasteiger partial charge in [-0.15, -0.1) is 0 Å². The molecule has 2 amide bonds. The minimum atomic E-state index is -0.175. The fourth-order valence-electron chi connectivity index (χ4n) is 3.06. The van der Waals surface area contributed by atoms with Crippen molar-refractivity contribution in [1.29, 1.82) is 0 Å². The third-order valence-corrected chi connectivity index (χ3v) is 4.75. The van der Waals surface area contributed by atoms with Crippen molar-refractivity contribution in [3.05, 3.63) is 64.5 Å². The molecule has 0 radical (unpaired) electrons. The van der Waals surface area contributed by atoms with E-state index in [1.165, 1.54) is 5.56 Å². The maximum absolute atomic E-state index is 12.3. The monoisotopic (exact) mass is 368 g/mol. The largest absolute Gasteiger partial charge is 0.355 e. The van der Waals surface area contributed by atoms with Crippen molar-refractivity contribution >= 4 is 11.8 Å². The number of pyridine rings is 1. The molecule has 6 nitrogen and oxygen atoms in total. The molecule has 2 N–H and O–H groups in total. The average Bonchev–Trinajstić information content (AvgIpc) is 2.66. The highest BCUT2D eigenvalue weighted by molar-refractivity contribution is 5.94. The maximum Gasteiger partial charge on any atom is 0.269 e. The first kappa shape index (κ1) is 20.6. The van der Waals surface area contributed by atoms with Gasteiger partial charge in [0.2, 0.25) is 0 Å². The third-order valence-electron chi connectivity index (χ3n) is 4.75. The zero-order valence-electron chi connectivity index (χ0n) is 16.7. The Hall–Kier alpha value is -2.73. The summed E-state index contributed by atoms with van der Waals surface area (Å²) in [6.07, 6.45) is 2.39. The van der Waals surface area contributed by atoms with Gasteiger partial charge in [-0.25, -0.2) is 0 Å². The highest BCUT2D eigenvalue weighted by Crippen LogP contribution is 2.19. The molecule has 0 unspecified atom stereocenters. The van der Waals surface area contributed by atoms with Crippen LogP contribution in [0.1, 0.15) is 37.5 Å². The molecule has 1 aromatic carbocycles. The molecule has 1 heterocycles. The Labute approximate surface area is 161 Å². The lowest BCUT2D eigenvalue weighted by Gasteiger charge is -2.26. The predicted octanol–water partition coefficient (Wildman–Crippen LogP) is 1.96.